The number of hydrogen-bond acceptors (Lipinski definition) is 3. The molecule has 1 aromatic rings. The van der Waals surface area contributed by atoms with Crippen molar-refractivity contribution in [2.45, 2.75) is 39.0 Å². The number of halogens is 1. The van der Waals surface area contributed by atoms with Crippen LogP contribution in [0.2, 0.25) is 0 Å². The van der Waals surface area contributed by atoms with Gasteiger partial charge in [0.2, 0.25) is 0 Å². The Bertz CT molecular complexity index is 512. The van der Waals surface area contributed by atoms with Gasteiger partial charge in [0.25, 0.3) is 0 Å². The third kappa shape index (κ3) is 2.74. The van der Waals surface area contributed by atoms with Gasteiger partial charge in [-0.15, -0.1) is 0 Å². The van der Waals surface area contributed by atoms with Crippen LogP contribution >= 0.6 is 0 Å². The maximum Gasteiger partial charge on any atom is 0.319 e. The summed E-state index contributed by atoms with van der Waals surface area (Å²) in [6.07, 6.45) is 2.49. The number of esters is 1. The zero-order chi connectivity index (χ0) is 14.6. The molecule has 0 spiro atoms. The van der Waals surface area contributed by atoms with E-state index in [4.69, 9.17) is 4.74 Å². The molecule has 20 heavy (non-hydrogen) atoms. The molecule has 1 saturated carbocycles. The molecule has 1 atom stereocenters. The first-order valence-corrected chi connectivity index (χ1v) is 7.04. The van der Waals surface area contributed by atoms with Crippen LogP contribution in [0.4, 0.5) is 4.39 Å². The molecule has 0 bridgehead atoms. The van der Waals surface area contributed by atoms with Crippen LogP contribution in [0.1, 0.15) is 38.2 Å². The van der Waals surface area contributed by atoms with Gasteiger partial charge in [0, 0.05) is 6.42 Å². The highest BCUT2D eigenvalue weighted by Gasteiger charge is 2.48. The zero-order valence-corrected chi connectivity index (χ0v) is 11.7. The van der Waals surface area contributed by atoms with Crippen LogP contribution in [0.25, 0.3) is 0 Å². The van der Waals surface area contributed by atoms with Gasteiger partial charge in [-0.2, -0.15) is 0 Å². The fourth-order valence-corrected chi connectivity index (χ4v) is 2.80. The van der Waals surface area contributed by atoms with Crippen molar-refractivity contribution in [3.05, 3.63) is 35.6 Å². The number of ether oxygens (including phenoxy) is 1. The van der Waals surface area contributed by atoms with Crippen LogP contribution in [0.3, 0.4) is 0 Å². The van der Waals surface area contributed by atoms with Crippen molar-refractivity contribution < 1.29 is 18.7 Å². The lowest BCUT2D eigenvalue weighted by atomic mass is 9.69. The van der Waals surface area contributed by atoms with Gasteiger partial charge in [0.1, 0.15) is 11.2 Å². The molecule has 1 aromatic carbocycles. The number of carbonyl (C=O) groups excluding carboxylic acids is 2. The Labute approximate surface area is 118 Å². The molecule has 108 valence electrons. The molecule has 4 heteroatoms. The molecule has 1 aliphatic carbocycles. The van der Waals surface area contributed by atoms with Crippen molar-refractivity contribution in [2.24, 2.45) is 5.41 Å². The molecule has 0 heterocycles. The van der Waals surface area contributed by atoms with Crippen molar-refractivity contribution in [2.75, 3.05) is 6.61 Å². The van der Waals surface area contributed by atoms with E-state index in [-0.39, 0.29) is 24.6 Å². The summed E-state index contributed by atoms with van der Waals surface area (Å²) in [4.78, 5) is 24.6. The minimum absolute atomic E-state index is 0.0946. The van der Waals surface area contributed by atoms with E-state index < -0.39 is 11.4 Å². The Morgan fingerprint density at radius 3 is 2.75 bits per heavy atom. The fraction of sp³-hybridized carbons (Fsp3) is 0.500. The quantitative estimate of drug-likeness (QED) is 0.628. The highest BCUT2D eigenvalue weighted by molar-refractivity contribution is 6.04. The predicted octanol–water partition coefficient (Wildman–Crippen LogP) is 3.06. The van der Waals surface area contributed by atoms with Crippen LogP contribution in [-0.4, -0.2) is 18.4 Å². The minimum atomic E-state index is -1.20. The molecular formula is C16H19FO3. The van der Waals surface area contributed by atoms with E-state index in [0.29, 0.717) is 18.4 Å². The largest absolute Gasteiger partial charge is 0.465 e. The maximum atomic E-state index is 13.8. The third-order valence-electron chi connectivity index (χ3n) is 3.91. The van der Waals surface area contributed by atoms with Crippen molar-refractivity contribution in [3.63, 3.8) is 0 Å². The number of rotatable bonds is 4. The fourth-order valence-electron chi connectivity index (χ4n) is 2.80. The molecular weight excluding hydrogens is 259 g/mol. The second-order valence-electron chi connectivity index (χ2n) is 5.20. The highest BCUT2D eigenvalue weighted by Crippen LogP contribution is 2.38. The number of ketones is 1. The monoisotopic (exact) mass is 278 g/mol. The normalized spacial score (nSPS) is 22.6. The summed E-state index contributed by atoms with van der Waals surface area (Å²) < 4.78 is 18.9. The van der Waals surface area contributed by atoms with Gasteiger partial charge in [0.05, 0.1) is 6.61 Å². The van der Waals surface area contributed by atoms with Crippen LogP contribution in [0, 0.1) is 11.2 Å². The average Bonchev–Trinajstić information content (AvgIpc) is 2.44. The summed E-state index contributed by atoms with van der Waals surface area (Å²) in [6, 6.07) is 6.28. The second-order valence-corrected chi connectivity index (χ2v) is 5.20. The third-order valence-corrected chi connectivity index (χ3v) is 3.91. The summed E-state index contributed by atoms with van der Waals surface area (Å²) in [5.41, 5.74) is -0.799. The Balaban J connectivity index is 2.34. The first kappa shape index (κ1) is 14.7. The highest BCUT2D eigenvalue weighted by atomic mass is 19.1. The Hall–Kier alpha value is -1.71. The van der Waals surface area contributed by atoms with E-state index in [1.54, 1.807) is 25.1 Å². The number of hydrogen-bond donors (Lipinski definition) is 0. The molecule has 0 aliphatic heterocycles. The average molecular weight is 278 g/mol. The number of benzene rings is 1. The first-order valence-electron chi connectivity index (χ1n) is 7.04. The molecule has 2 rings (SSSR count). The molecule has 1 aliphatic rings. The summed E-state index contributed by atoms with van der Waals surface area (Å²) in [5, 5.41) is 0. The predicted molar refractivity (Wildman–Crippen MR) is 72.6 cm³/mol. The number of Topliss-reactive ketones (excluding diaryl/α,β-unsaturated/α-hetero) is 1. The van der Waals surface area contributed by atoms with E-state index >= 15 is 0 Å². The molecule has 1 fully saturated rings. The van der Waals surface area contributed by atoms with Crippen LogP contribution in [-0.2, 0) is 20.7 Å². The van der Waals surface area contributed by atoms with Crippen LogP contribution < -0.4 is 0 Å². The van der Waals surface area contributed by atoms with E-state index in [1.807, 2.05) is 0 Å². The molecule has 0 radical (unpaired) electrons. The molecule has 0 saturated heterocycles. The van der Waals surface area contributed by atoms with Crippen molar-refractivity contribution in [1.82, 2.24) is 0 Å². The second kappa shape index (κ2) is 6.16. The number of carbonyl (C=O) groups is 2. The topological polar surface area (TPSA) is 43.4 Å². The van der Waals surface area contributed by atoms with Crippen molar-refractivity contribution >= 4 is 11.8 Å². The Morgan fingerprint density at radius 2 is 2.10 bits per heavy atom. The van der Waals surface area contributed by atoms with Gasteiger partial charge >= 0.3 is 5.97 Å². The molecule has 0 N–H and O–H groups in total. The van der Waals surface area contributed by atoms with Gasteiger partial charge in [-0.1, -0.05) is 24.6 Å². The van der Waals surface area contributed by atoms with Crippen molar-refractivity contribution in [1.29, 1.82) is 0 Å². The van der Waals surface area contributed by atoms with E-state index in [0.717, 1.165) is 12.8 Å². The molecule has 0 amide bonds. The van der Waals surface area contributed by atoms with Crippen LogP contribution in [0.5, 0.6) is 0 Å². The van der Waals surface area contributed by atoms with Gasteiger partial charge in [0.15, 0.2) is 5.78 Å². The summed E-state index contributed by atoms with van der Waals surface area (Å²) in [7, 11) is 0. The van der Waals surface area contributed by atoms with E-state index in [9.17, 15) is 14.0 Å². The standard InChI is InChI=1S/C16H19FO3/c1-2-20-15(19)16(10-6-5-9-14(16)18)11-12-7-3-4-8-13(12)17/h3-4,7-8H,2,5-6,9-11H2,1H3. The van der Waals surface area contributed by atoms with Crippen LogP contribution in [0.15, 0.2) is 24.3 Å². The minimum Gasteiger partial charge on any atom is -0.465 e. The summed E-state index contributed by atoms with van der Waals surface area (Å²) >= 11 is 0. The zero-order valence-electron chi connectivity index (χ0n) is 11.7. The summed E-state index contributed by atoms with van der Waals surface area (Å²) in [6.45, 7) is 1.94. The van der Waals surface area contributed by atoms with E-state index in [1.165, 1.54) is 6.07 Å². The SMILES string of the molecule is CCOC(=O)C1(Cc2ccccc2F)CCCCC1=O. The van der Waals surface area contributed by atoms with E-state index in [2.05, 4.69) is 0 Å². The maximum absolute atomic E-state index is 13.8. The summed E-state index contributed by atoms with van der Waals surface area (Å²) in [5.74, 6) is -1.01. The lowest BCUT2D eigenvalue weighted by Gasteiger charge is -2.33. The Kier molecular flexibility index (Phi) is 4.53. The molecule has 0 aromatic heterocycles. The lowest BCUT2D eigenvalue weighted by molar-refractivity contribution is -0.162. The Morgan fingerprint density at radius 1 is 1.35 bits per heavy atom. The van der Waals surface area contributed by atoms with Gasteiger partial charge in [-0.25, -0.2) is 4.39 Å². The molecule has 1 unspecified atom stereocenters. The molecule has 3 nitrogen and oxygen atoms in total. The van der Waals surface area contributed by atoms with Gasteiger partial charge in [-0.3, -0.25) is 9.59 Å². The smallest absolute Gasteiger partial charge is 0.319 e. The van der Waals surface area contributed by atoms with Crippen molar-refractivity contribution in [3.8, 4) is 0 Å². The lowest BCUT2D eigenvalue weighted by Crippen LogP contribution is -2.44. The van der Waals surface area contributed by atoms with Gasteiger partial charge in [-0.05, 0) is 37.8 Å². The van der Waals surface area contributed by atoms with Gasteiger partial charge < -0.3 is 4.74 Å². The first-order chi connectivity index (χ1) is 9.60.